The van der Waals surface area contributed by atoms with Crippen molar-refractivity contribution in [2.75, 3.05) is 14.2 Å². The van der Waals surface area contributed by atoms with Gasteiger partial charge in [-0.3, -0.25) is 0 Å². The fraction of sp³-hybridized carbons (Fsp3) is 0.455. The van der Waals surface area contributed by atoms with Gasteiger partial charge >= 0.3 is 0 Å². The third kappa shape index (κ3) is 4.70. The van der Waals surface area contributed by atoms with Crippen molar-refractivity contribution in [1.29, 1.82) is 0 Å². The predicted octanol–water partition coefficient (Wildman–Crippen LogP) is 7.35. The van der Waals surface area contributed by atoms with Gasteiger partial charge in [0.15, 0.2) is 0 Å². The van der Waals surface area contributed by atoms with Crippen LogP contribution in [0.25, 0.3) is 0 Å². The maximum absolute atomic E-state index is 6.20. The number of methoxy groups -OCH3 is 2. The minimum Gasteiger partial charge on any atom is -0.496 e. The molecule has 0 amide bonds. The van der Waals surface area contributed by atoms with Crippen molar-refractivity contribution in [3.8, 4) is 11.5 Å². The maximum atomic E-state index is 6.20. The summed E-state index contributed by atoms with van der Waals surface area (Å²) in [6.45, 7) is 13.2. The van der Waals surface area contributed by atoms with Crippen molar-refractivity contribution in [2.45, 2.75) is 52.4 Å². The van der Waals surface area contributed by atoms with E-state index in [1.165, 1.54) is 21.7 Å². The number of benzene rings is 2. The average Bonchev–Trinajstić information content (AvgIpc) is 2.64. The van der Waals surface area contributed by atoms with Crippen molar-refractivity contribution in [3.63, 3.8) is 0 Å². The maximum Gasteiger partial charge on any atom is 0.122 e. The average molecular weight is 517 g/mol. The van der Waals surface area contributed by atoms with Crippen molar-refractivity contribution in [2.24, 2.45) is 0 Å². The second kappa shape index (κ2) is 8.43. The van der Waals surface area contributed by atoms with Gasteiger partial charge in [0.2, 0.25) is 0 Å². The number of hydrogen-bond donors (Lipinski definition) is 0. The molecule has 1 aliphatic heterocycles. The van der Waals surface area contributed by atoms with Crippen LogP contribution in [-0.2, 0) is 34.4 Å². The zero-order valence-corrected chi connectivity index (χ0v) is 23.9. The van der Waals surface area contributed by atoms with Crippen molar-refractivity contribution < 1.29 is 9.47 Å². The lowest BCUT2D eigenvalue weighted by atomic mass is 9.86. The van der Waals surface area contributed by atoms with Gasteiger partial charge in [-0.15, -0.1) is 0 Å². The largest absolute Gasteiger partial charge is 0.496 e. The molecule has 0 bridgehead atoms. The smallest absolute Gasteiger partial charge is 0.122 e. The lowest BCUT2D eigenvalue weighted by molar-refractivity contribution is 0.397. The molecule has 0 N–H and O–H groups in total. The Bertz CT molecular complexity index is 970. The van der Waals surface area contributed by atoms with E-state index in [4.69, 9.17) is 33.1 Å². The second-order valence-electron chi connectivity index (χ2n) is 9.43. The third-order valence-corrected chi connectivity index (χ3v) is 36.2. The van der Waals surface area contributed by atoms with Gasteiger partial charge in [-0.1, -0.05) is 87.2 Å². The summed E-state index contributed by atoms with van der Waals surface area (Å²) in [6, 6.07) is 12.9. The Labute approximate surface area is 199 Å². The molecule has 2 aromatic rings. The molecule has 0 saturated carbocycles. The summed E-state index contributed by atoms with van der Waals surface area (Å²) >= 11 is 16.2. The zero-order chi connectivity index (χ0) is 22.5. The van der Waals surface area contributed by atoms with Crippen LogP contribution in [0.15, 0.2) is 36.4 Å². The van der Waals surface area contributed by atoms with Crippen LogP contribution in [0.4, 0.5) is 0 Å². The minimum atomic E-state index is -1.81. The van der Waals surface area contributed by atoms with Gasteiger partial charge < -0.3 is 9.47 Å². The first kappa shape index (κ1) is 24.7. The summed E-state index contributed by atoms with van der Waals surface area (Å²) in [5, 5.41) is 2.48. The SMILES string of the molecule is COc1ccc(P2(=S)SP(=S)(c3ccc(OC)c(C(C)(C)C)c3)S2)cc1C(C)(C)C. The van der Waals surface area contributed by atoms with Crippen LogP contribution in [0.5, 0.6) is 11.5 Å². The Morgan fingerprint density at radius 1 is 0.667 bits per heavy atom. The highest BCUT2D eigenvalue weighted by Crippen LogP contribution is 3.04. The summed E-state index contributed by atoms with van der Waals surface area (Å²) in [5.74, 6) is 1.85. The molecule has 1 saturated heterocycles. The number of rotatable bonds is 4. The molecule has 0 aliphatic carbocycles. The molecule has 0 atom stereocenters. The quantitative estimate of drug-likeness (QED) is 0.393. The molecule has 2 nitrogen and oxygen atoms in total. The van der Waals surface area contributed by atoms with Crippen molar-refractivity contribution in [1.82, 2.24) is 0 Å². The molecule has 0 aromatic heterocycles. The monoisotopic (exact) mass is 516 g/mol. The van der Waals surface area contributed by atoms with Gasteiger partial charge in [-0.25, -0.2) is 0 Å². The standard InChI is InChI=1S/C22H30O2P2S4/c1-21(2,3)17-13-15(9-11-19(17)23-7)25(27)29-26(28,30-25)16-10-12-20(24-8)18(14-16)22(4,5)6/h9-14H,1-8H3. The molecular weight excluding hydrogens is 486 g/mol. The molecule has 3 rings (SSSR count). The summed E-state index contributed by atoms with van der Waals surface area (Å²) in [6.07, 6.45) is 0. The molecule has 0 spiro atoms. The number of ether oxygens (including phenoxy) is 2. The van der Waals surface area contributed by atoms with Gasteiger partial charge in [-0.2, -0.15) is 0 Å². The fourth-order valence-corrected chi connectivity index (χ4v) is 45.6. The summed E-state index contributed by atoms with van der Waals surface area (Å²) < 4.78 is 7.60. The van der Waals surface area contributed by atoms with E-state index in [0.29, 0.717) is 0 Å². The van der Waals surface area contributed by atoms with Gasteiger partial charge in [0.05, 0.1) is 23.1 Å². The lowest BCUT2D eigenvalue weighted by Crippen LogP contribution is -2.18. The van der Waals surface area contributed by atoms with E-state index >= 15 is 0 Å². The van der Waals surface area contributed by atoms with Gasteiger partial charge in [0.1, 0.15) is 11.5 Å². The normalized spacial score (nSPS) is 24.3. The van der Waals surface area contributed by atoms with Crippen LogP contribution in [0.2, 0.25) is 0 Å². The van der Waals surface area contributed by atoms with Crippen LogP contribution in [0.1, 0.15) is 52.7 Å². The Hall–Kier alpha value is 0.0400. The number of hydrogen-bond acceptors (Lipinski definition) is 6. The lowest BCUT2D eigenvalue weighted by Gasteiger charge is -2.41. The first-order valence-corrected chi connectivity index (χ1v) is 19.4. The van der Waals surface area contributed by atoms with Crippen LogP contribution in [0.3, 0.4) is 0 Å². The molecular formula is C22H30O2P2S4. The summed E-state index contributed by atoms with van der Waals surface area (Å²) in [5.41, 5.74) is 2.39. The molecule has 30 heavy (non-hydrogen) atoms. The Morgan fingerprint density at radius 2 is 1.00 bits per heavy atom. The van der Waals surface area contributed by atoms with Gasteiger partial charge in [0.25, 0.3) is 0 Å². The molecule has 164 valence electrons. The van der Waals surface area contributed by atoms with Gasteiger partial charge in [-0.05, 0) is 47.2 Å². The molecule has 1 fully saturated rings. The highest BCUT2D eigenvalue weighted by Gasteiger charge is 2.46. The topological polar surface area (TPSA) is 18.5 Å². The molecule has 1 aliphatic rings. The van der Waals surface area contributed by atoms with E-state index in [9.17, 15) is 0 Å². The first-order valence-electron chi connectivity index (χ1n) is 9.74. The molecule has 1 heterocycles. The van der Waals surface area contributed by atoms with Crippen LogP contribution >= 0.6 is 30.9 Å². The summed E-state index contributed by atoms with van der Waals surface area (Å²) in [7, 11) is 3.46. The van der Waals surface area contributed by atoms with E-state index in [2.05, 4.69) is 77.9 Å². The van der Waals surface area contributed by atoms with Gasteiger partial charge in [0, 0.05) is 21.7 Å². The van der Waals surface area contributed by atoms with Crippen LogP contribution < -0.4 is 20.1 Å². The first-order chi connectivity index (χ1) is 13.7. The van der Waals surface area contributed by atoms with Crippen LogP contribution in [-0.4, -0.2) is 14.2 Å². The van der Waals surface area contributed by atoms with E-state index < -0.39 is 8.88 Å². The zero-order valence-electron chi connectivity index (χ0n) is 18.8. The highest BCUT2D eigenvalue weighted by atomic mass is 33.7. The Balaban J connectivity index is 1.96. The molecule has 0 radical (unpaired) electrons. The minimum absolute atomic E-state index is 0.00611. The highest BCUT2D eigenvalue weighted by molar-refractivity contribution is 9.48. The van der Waals surface area contributed by atoms with E-state index in [1.807, 2.05) is 22.0 Å². The van der Waals surface area contributed by atoms with Crippen LogP contribution in [0, 0.1) is 0 Å². The van der Waals surface area contributed by atoms with E-state index in [1.54, 1.807) is 14.2 Å². The molecule has 8 heteroatoms. The van der Waals surface area contributed by atoms with Crippen molar-refractivity contribution >= 4 is 65.1 Å². The Morgan fingerprint density at radius 3 is 1.27 bits per heavy atom. The van der Waals surface area contributed by atoms with E-state index in [-0.39, 0.29) is 10.8 Å². The Kier molecular flexibility index (Phi) is 6.94. The fourth-order valence-electron chi connectivity index (χ4n) is 3.38. The van der Waals surface area contributed by atoms with Crippen molar-refractivity contribution in [3.05, 3.63) is 47.5 Å². The second-order valence-corrected chi connectivity index (χ2v) is 30.7. The molecule has 0 unspecified atom stereocenters. The predicted molar refractivity (Wildman–Crippen MR) is 146 cm³/mol. The third-order valence-electron chi connectivity index (χ3n) is 5.04. The van der Waals surface area contributed by atoms with E-state index in [0.717, 1.165) is 11.5 Å². The summed E-state index contributed by atoms with van der Waals surface area (Å²) in [4.78, 5) is 0. The molecule has 2 aromatic carbocycles.